The number of aliphatic hydroxyl groups is 4. The number of esters is 2. The SMILES string of the molecule is C=CC(C)(C)OCC1OC(O[C@@H]2C3=C([C@H](C)COC(C)=O)C[C@H](O)[C@]3(C)/C=C3/[C@@H](COC)CC[C@H]3[C@@H](C)[C@H]2O)C(O)C(OC(=O)CCCCC(=O)N2CCOc3ccc(N(CCC#N)C(=O)CCl)cc32)C1O. The lowest BCUT2D eigenvalue weighted by Crippen LogP contribution is -2.62. The van der Waals surface area contributed by atoms with Crippen molar-refractivity contribution in [2.24, 2.45) is 29.1 Å². The van der Waals surface area contributed by atoms with Gasteiger partial charge in [-0.1, -0.05) is 37.1 Å². The normalized spacial score (nSPS) is 31.3. The number of fused-ring (bicyclic) bond motifs is 3. The molecule has 398 valence electrons. The van der Waals surface area contributed by atoms with Gasteiger partial charge in [-0.25, -0.2) is 0 Å². The summed E-state index contributed by atoms with van der Waals surface area (Å²) in [7, 11) is 1.65. The van der Waals surface area contributed by atoms with E-state index in [1.807, 2.05) is 26.8 Å². The molecule has 0 bridgehead atoms. The van der Waals surface area contributed by atoms with Gasteiger partial charge in [0.15, 0.2) is 12.4 Å². The molecule has 13 atom stereocenters. The molecule has 18 nitrogen and oxygen atoms in total. The van der Waals surface area contributed by atoms with Crippen LogP contribution >= 0.6 is 11.6 Å². The molecule has 72 heavy (non-hydrogen) atoms. The van der Waals surface area contributed by atoms with Gasteiger partial charge in [-0.15, -0.1) is 18.2 Å². The minimum Gasteiger partial charge on any atom is -0.490 e. The average Bonchev–Trinajstić information content (AvgIpc) is 3.86. The molecule has 1 saturated carbocycles. The number of methoxy groups -OCH3 is 1. The van der Waals surface area contributed by atoms with Gasteiger partial charge in [-0.3, -0.25) is 19.2 Å². The van der Waals surface area contributed by atoms with E-state index in [-0.39, 0.29) is 95.1 Å². The van der Waals surface area contributed by atoms with E-state index in [9.17, 15) is 39.6 Å². The van der Waals surface area contributed by atoms with Gasteiger partial charge >= 0.3 is 11.9 Å². The molecule has 2 amide bonds. The molecule has 1 aromatic rings. The summed E-state index contributed by atoms with van der Waals surface area (Å²) in [5, 5.41) is 57.7. The first-order chi connectivity index (χ1) is 34.2. The van der Waals surface area contributed by atoms with Gasteiger partial charge in [0.05, 0.1) is 62.4 Å². The number of nitrogens with zero attached hydrogens (tertiary/aromatic N) is 3. The lowest BCUT2D eigenvalue weighted by atomic mass is 9.68. The van der Waals surface area contributed by atoms with Crippen LogP contribution in [0.1, 0.15) is 92.9 Å². The monoisotopic (exact) mass is 1030 g/mol. The van der Waals surface area contributed by atoms with Crippen LogP contribution in [0.15, 0.2) is 53.6 Å². The predicted molar refractivity (Wildman–Crippen MR) is 265 cm³/mol. The molecule has 5 unspecified atom stereocenters. The van der Waals surface area contributed by atoms with Crippen molar-refractivity contribution in [1.82, 2.24) is 0 Å². The molecule has 2 heterocycles. The topological polar surface area (TPSA) is 244 Å². The van der Waals surface area contributed by atoms with E-state index in [0.717, 1.165) is 24.0 Å². The summed E-state index contributed by atoms with van der Waals surface area (Å²) in [6, 6.07) is 7.01. The number of hydrogen-bond donors (Lipinski definition) is 4. The summed E-state index contributed by atoms with van der Waals surface area (Å²) in [6.07, 6.45) is -5.31. The van der Waals surface area contributed by atoms with Crippen LogP contribution in [0.2, 0.25) is 0 Å². The number of hydrogen-bond acceptors (Lipinski definition) is 16. The molecule has 5 aliphatic rings. The third kappa shape index (κ3) is 12.7. The van der Waals surface area contributed by atoms with Crippen molar-refractivity contribution in [1.29, 1.82) is 5.26 Å². The molecule has 6 rings (SSSR count). The quantitative estimate of drug-likeness (QED) is 0.0544. The van der Waals surface area contributed by atoms with Crippen LogP contribution in [0.5, 0.6) is 5.75 Å². The number of benzene rings is 1. The smallest absolute Gasteiger partial charge is 0.306 e. The molecule has 19 heteroatoms. The summed E-state index contributed by atoms with van der Waals surface area (Å²) in [5.41, 5.74) is 1.32. The highest BCUT2D eigenvalue weighted by atomic mass is 35.5. The minimum absolute atomic E-state index is 0.00469. The van der Waals surface area contributed by atoms with E-state index in [2.05, 4.69) is 12.7 Å². The summed E-state index contributed by atoms with van der Waals surface area (Å²) >= 11 is 5.86. The van der Waals surface area contributed by atoms with Gasteiger partial charge in [0, 0.05) is 56.4 Å². The van der Waals surface area contributed by atoms with E-state index >= 15 is 0 Å². The molecule has 2 fully saturated rings. The highest BCUT2D eigenvalue weighted by molar-refractivity contribution is 6.29. The lowest BCUT2D eigenvalue weighted by molar-refractivity contribution is -0.320. The zero-order valence-electron chi connectivity index (χ0n) is 42.6. The van der Waals surface area contributed by atoms with Crippen LogP contribution in [0.25, 0.3) is 0 Å². The Kier molecular flexibility index (Phi) is 19.5. The molecule has 0 radical (unpaired) electrons. The molecular weight excluding hydrogens is 954 g/mol. The Bertz CT molecular complexity index is 2230. The molecule has 1 saturated heterocycles. The number of aliphatic hydroxyl groups excluding tert-OH is 4. The third-order valence-electron chi connectivity index (χ3n) is 15.1. The van der Waals surface area contributed by atoms with E-state index in [4.69, 9.17) is 50.0 Å². The second-order valence-electron chi connectivity index (χ2n) is 20.5. The number of ether oxygens (including phenoxy) is 7. The van der Waals surface area contributed by atoms with E-state index in [1.54, 1.807) is 50.1 Å². The van der Waals surface area contributed by atoms with Crippen LogP contribution in [-0.2, 0) is 47.6 Å². The average molecular weight is 1030 g/mol. The highest BCUT2D eigenvalue weighted by Crippen LogP contribution is 2.56. The Balaban J connectivity index is 1.22. The molecule has 3 aliphatic carbocycles. The largest absolute Gasteiger partial charge is 0.490 e. The molecule has 1 aromatic carbocycles. The molecule has 4 N–H and O–H groups in total. The van der Waals surface area contributed by atoms with E-state index < -0.39 is 89.7 Å². The maximum absolute atomic E-state index is 13.7. The maximum Gasteiger partial charge on any atom is 0.306 e. The number of carbonyl (C=O) groups is 4. The van der Waals surface area contributed by atoms with Crippen LogP contribution < -0.4 is 14.5 Å². The molecule has 0 aromatic heterocycles. The first-order valence-corrected chi connectivity index (χ1v) is 25.6. The first kappa shape index (κ1) is 56.9. The molecule has 2 aliphatic heterocycles. The maximum atomic E-state index is 13.7. The third-order valence-corrected chi connectivity index (χ3v) is 15.3. The molecular formula is C53H74ClN3O15. The van der Waals surface area contributed by atoms with Crippen LogP contribution in [-0.4, -0.2) is 151 Å². The zero-order valence-corrected chi connectivity index (χ0v) is 43.4. The van der Waals surface area contributed by atoms with Crippen molar-refractivity contribution in [2.45, 2.75) is 148 Å². The van der Waals surface area contributed by atoms with Crippen molar-refractivity contribution < 1.29 is 72.8 Å². The fraction of sp³-hybridized carbons (Fsp3) is 0.679. The van der Waals surface area contributed by atoms with Crippen molar-refractivity contribution >= 4 is 46.7 Å². The summed E-state index contributed by atoms with van der Waals surface area (Å²) in [5.74, 6) is -2.56. The molecule has 0 spiro atoms. The van der Waals surface area contributed by atoms with Crippen LogP contribution in [0.4, 0.5) is 11.4 Å². The van der Waals surface area contributed by atoms with Crippen molar-refractivity contribution in [3.63, 3.8) is 0 Å². The number of anilines is 2. The van der Waals surface area contributed by atoms with E-state index in [1.165, 1.54) is 11.8 Å². The fourth-order valence-corrected chi connectivity index (χ4v) is 11.0. The number of nitriles is 1. The lowest BCUT2D eigenvalue weighted by Gasteiger charge is -2.47. The van der Waals surface area contributed by atoms with E-state index in [0.29, 0.717) is 29.3 Å². The zero-order chi connectivity index (χ0) is 52.7. The highest BCUT2D eigenvalue weighted by Gasteiger charge is 2.56. The van der Waals surface area contributed by atoms with Crippen molar-refractivity contribution in [3.05, 3.63) is 53.6 Å². The van der Waals surface area contributed by atoms with Gasteiger partial charge in [-0.2, -0.15) is 5.26 Å². The van der Waals surface area contributed by atoms with Gasteiger partial charge < -0.3 is 63.4 Å². The summed E-state index contributed by atoms with van der Waals surface area (Å²) in [4.78, 5) is 55.0. The summed E-state index contributed by atoms with van der Waals surface area (Å²) < 4.78 is 42.0. The summed E-state index contributed by atoms with van der Waals surface area (Å²) in [6.45, 7) is 15.2. The number of carbonyl (C=O) groups excluding carboxylic acids is 4. The Hall–Kier alpha value is -4.42. The van der Waals surface area contributed by atoms with Gasteiger partial charge in [-0.05, 0) is 88.5 Å². The van der Waals surface area contributed by atoms with Gasteiger partial charge in [0.25, 0.3) is 0 Å². The number of amides is 2. The minimum atomic E-state index is -1.78. The first-order valence-electron chi connectivity index (χ1n) is 25.1. The van der Waals surface area contributed by atoms with Crippen molar-refractivity contribution in [3.8, 4) is 11.8 Å². The predicted octanol–water partition coefficient (Wildman–Crippen LogP) is 5.06. The number of unbranched alkanes of at least 4 members (excludes halogenated alkanes) is 1. The Morgan fingerprint density at radius 3 is 2.51 bits per heavy atom. The second-order valence-corrected chi connectivity index (χ2v) is 20.7. The van der Waals surface area contributed by atoms with Gasteiger partial charge in [0.2, 0.25) is 11.8 Å². The van der Waals surface area contributed by atoms with Crippen LogP contribution in [0, 0.1) is 40.4 Å². The Morgan fingerprint density at radius 2 is 1.83 bits per heavy atom. The number of alkyl halides is 1. The van der Waals surface area contributed by atoms with Crippen molar-refractivity contribution in [2.75, 3.05) is 62.3 Å². The Morgan fingerprint density at radius 1 is 1.10 bits per heavy atom. The number of rotatable bonds is 21. The standard InChI is InChI=1S/C53H74ClN3O15/c1-9-52(5,6)69-29-40-47(64)50(71-44(62)14-11-10-13-42(60)57-21-22-67-39-18-16-34(23-38(39)57)56(20-12-19-55)43(61)26-54)48(65)51(70-40)72-49-45-36(30(2)27-68-32(4)58)24-41(59)53(45,7)25-37-33(28-66-8)15-17-35(37)31(3)46(49)63/h9,16,18,23,25,30-31,33,35,40-41,46-51,59,63-65H,1,10-15,17,20-22,24,26-29H2,2-8H3/b37-25-/t30-,31-,33-,35+,40?,41+,46-,47?,48?,49-,50?,51?,53+/m1/s1. The Labute approximate surface area is 427 Å². The fourth-order valence-electron chi connectivity index (χ4n) is 10.8. The number of halogens is 1. The van der Waals surface area contributed by atoms with Gasteiger partial charge in [0.1, 0.15) is 42.7 Å². The van der Waals surface area contributed by atoms with Crippen LogP contribution in [0.3, 0.4) is 0 Å². The second kappa shape index (κ2) is 24.7.